The molecule has 1 aromatic rings. The highest BCUT2D eigenvalue weighted by Crippen LogP contribution is 2.24. The number of nitroso groups, excluding NO2 is 1. The molecule has 0 saturated heterocycles. The van der Waals surface area contributed by atoms with Crippen molar-refractivity contribution in [3.63, 3.8) is 0 Å². The van der Waals surface area contributed by atoms with Gasteiger partial charge in [-0.2, -0.15) is 0 Å². The second-order valence-corrected chi connectivity index (χ2v) is 3.16. The van der Waals surface area contributed by atoms with Gasteiger partial charge in [0.15, 0.2) is 5.76 Å². The Morgan fingerprint density at radius 1 is 1.38 bits per heavy atom. The van der Waals surface area contributed by atoms with E-state index < -0.39 is 5.91 Å². The maximum Gasteiger partial charge on any atom is 0.351 e. The highest BCUT2D eigenvalue weighted by Gasteiger charge is 2.19. The van der Waals surface area contributed by atoms with Crippen molar-refractivity contribution in [2.75, 3.05) is 0 Å². The van der Waals surface area contributed by atoms with Gasteiger partial charge in [0.25, 0.3) is 0 Å². The molecule has 0 atom stereocenters. The number of aryl methyl sites for hydroxylation is 2. The lowest BCUT2D eigenvalue weighted by atomic mass is 9.99. The summed E-state index contributed by atoms with van der Waals surface area (Å²) in [4.78, 5) is 20.8. The van der Waals surface area contributed by atoms with Crippen LogP contribution in [0.2, 0.25) is 0 Å². The van der Waals surface area contributed by atoms with Crippen molar-refractivity contribution >= 4 is 5.91 Å². The molecule has 4 nitrogen and oxygen atoms in total. The Morgan fingerprint density at radius 2 is 2.15 bits per heavy atom. The van der Waals surface area contributed by atoms with Crippen LogP contribution in [0.25, 0.3) is 0 Å². The third-order valence-electron chi connectivity index (χ3n) is 2.29. The molecule has 13 heavy (non-hydrogen) atoms. The van der Waals surface area contributed by atoms with Gasteiger partial charge in [-0.05, 0) is 30.9 Å². The van der Waals surface area contributed by atoms with E-state index in [0.29, 0.717) is 0 Å². The first-order chi connectivity index (χ1) is 6.31. The summed E-state index contributed by atoms with van der Waals surface area (Å²) in [5.41, 5.74) is 1.05. The van der Waals surface area contributed by atoms with Gasteiger partial charge < -0.3 is 4.42 Å². The Balaban J connectivity index is 2.35. The molecule has 0 fully saturated rings. The first kappa shape index (κ1) is 8.16. The van der Waals surface area contributed by atoms with E-state index in [4.69, 9.17) is 4.42 Å². The van der Waals surface area contributed by atoms with Crippen LogP contribution in [-0.2, 0) is 12.8 Å². The van der Waals surface area contributed by atoms with Crippen LogP contribution >= 0.6 is 0 Å². The van der Waals surface area contributed by atoms with Crippen molar-refractivity contribution in [3.8, 4) is 0 Å². The smallest absolute Gasteiger partial charge is 0.351 e. The van der Waals surface area contributed by atoms with E-state index in [9.17, 15) is 9.70 Å². The van der Waals surface area contributed by atoms with Gasteiger partial charge in [-0.3, -0.25) is 4.79 Å². The zero-order valence-electron chi connectivity index (χ0n) is 7.08. The normalized spacial score (nSPS) is 15.1. The molecule has 1 aliphatic carbocycles. The predicted molar refractivity (Wildman–Crippen MR) is 45.5 cm³/mol. The number of hydrogen-bond acceptors (Lipinski definition) is 3. The fourth-order valence-corrected chi connectivity index (χ4v) is 1.64. The van der Waals surface area contributed by atoms with Crippen molar-refractivity contribution in [2.45, 2.75) is 25.7 Å². The number of fused-ring (bicyclic) bond motifs is 1. The molecular weight excluding hydrogens is 170 g/mol. The van der Waals surface area contributed by atoms with Crippen LogP contribution in [0.4, 0.5) is 0 Å². The van der Waals surface area contributed by atoms with Crippen LogP contribution in [0.15, 0.2) is 15.7 Å². The monoisotopic (exact) mass is 179 g/mol. The number of carbonyl (C=O) groups excluding carboxylic acids is 1. The Bertz CT molecular complexity index is 330. The first-order valence-corrected chi connectivity index (χ1v) is 4.30. The van der Waals surface area contributed by atoms with Crippen LogP contribution in [-0.4, -0.2) is 5.91 Å². The minimum absolute atomic E-state index is 0.0851. The van der Waals surface area contributed by atoms with Crippen molar-refractivity contribution in [2.24, 2.45) is 5.18 Å². The van der Waals surface area contributed by atoms with E-state index in [1.807, 2.05) is 0 Å². The van der Waals surface area contributed by atoms with Crippen LogP contribution in [0, 0.1) is 4.91 Å². The average molecular weight is 179 g/mol. The Labute approximate surface area is 74.9 Å². The topological polar surface area (TPSA) is 59.6 Å². The lowest BCUT2D eigenvalue weighted by Gasteiger charge is -2.07. The van der Waals surface area contributed by atoms with E-state index in [1.165, 1.54) is 0 Å². The number of carbonyl (C=O) groups is 1. The van der Waals surface area contributed by atoms with Gasteiger partial charge in [0.1, 0.15) is 5.76 Å². The molecule has 68 valence electrons. The first-order valence-electron chi connectivity index (χ1n) is 4.30. The Kier molecular flexibility index (Phi) is 1.96. The summed E-state index contributed by atoms with van der Waals surface area (Å²) in [7, 11) is 0. The largest absolute Gasteiger partial charge is 0.455 e. The molecule has 0 bridgehead atoms. The summed E-state index contributed by atoms with van der Waals surface area (Å²) in [6, 6.07) is 1.64. The number of nitrogens with zero attached hydrogens (tertiary/aromatic N) is 1. The van der Waals surface area contributed by atoms with Crippen molar-refractivity contribution in [3.05, 3.63) is 28.1 Å². The highest BCUT2D eigenvalue weighted by atomic mass is 16.4. The fraction of sp³-hybridized carbons (Fsp3) is 0.444. The fourth-order valence-electron chi connectivity index (χ4n) is 1.64. The summed E-state index contributed by atoms with van der Waals surface area (Å²) >= 11 is 0. The van der Waals surface area contributed by atoms with Crippen LogP contribution in [0.3, 0.4) is 0 Å². The van der Waals surface area contributed by atoms with Crippen LogP contribution in [0.1, 0.15) is 34.7 Å². The number of rotatable bonds is 1. The average Bonchev–Trinajstić information content (AvgIpc) is 2.59. The molecule has 1 amide bonds. The number of hydrogen-bond donors (Lipinski definition) is 0. The molecule has 0 N–H and O–H groups in total. The molecule has 0 radical (unpaired) electrons. The lowest BCUT2D eigenvalue weighted by molar-refractivity contribution is 0.0972. The van der Waals surface area contributed by atoms with Gasteiger partial charge in [-0.1, -0.05) is 0 Å². The molecule has 0 aliphatic heterocycles. The summed E-state index contributed by atoms with van der Waals surface area (Å²) in [6.07, 6.45) is 4.00. The van der Waals surface area contributed by atoms with Gasteiger partial charge in [-0.15, -0.1) is 4.91 Å². The Hall–Kier alpha value is -1.45. The molecule has 0 saturated carbocycles. The molecule has 2 rings (SSSR count). The van der Waals surface area contributed by atoms with Gasteiger partial charge in [0, 0.05) is 11.6 Å². The summed E-state index contributed by atoms with van der Waals surface area (Å²) in [5.74, 6) is 0.120. The van der Waals surface area contributed by atoms with E-state index in [1.54, 1.807) is 6.07 Å². The van der Waals surface area contributed by atoms with E-state index in [0.717, 1.165) is 37.0 Å². The maximum absolute atomic E-state index is 10.9. The second kappa shape index (κ2) is 3.12. The maximum atomic E-state index is 10.9. The lowest BCUT2D eigenvalue weighted by Crippen LogP contribution is -1.97. The summed E-state index contributed by atoms with van der Waals surface area (Å²) < 4.78 is 5.22. The molecule has 0 unspecified atom stereocenters. The molecular formula is C9H9NO3. The minimum Gasteiger partial charge on any atom is -0.455 e. The standard InChI is InChI=1S/C9H9NO3/c11-9(10-12)8-5-6-3-1-2-4-7(6)13-8/h5H,1-4H2. The van der Waals surface area contributed by atoms with Crippen LogP contribution in [0.5, 0.6) is 0 Å². The molecule has 0 spiro atoms. The van der Waals surface area contributed by atoms with E-state index in [2.05, 4.69) is 5.18 Å². The molecule has 4 heteroatoms. The number of amides is 1. The molecule has 1 aliphatic rings. The van der Waals surface area contributed by atoms with Crippen molar-refractivity contribution in [1.82, 2.24) is 0 Å². The summed E-state index contributed by atoms with van der Waals surface area (Å²) in [6.45, 7) is 0. The quantitative estimate of drug-likeness (QED) is 0.620. The molecule has 1 aromatic heterocycles. The minimum atomic E-state index is -0.811. The predicted octanol–water partition coefficient (Wildman–Crippen LogP) is 2.06. The zero-order valence-corrected chi connectivity index (χ0v) is 7.08. The van der Waals surface area contributed by atoms with Gasteiger partial charge in [0.2, 0.25) is 0 Å². The zero-order chi connectivity index (χ0) is 9.26. The third-order valence-corrected chi connectivity index (χ3v) is 2.29. The van der Waals surface area contributed by atoms with E-state index >= 15 is 0 Å². The third kappa shape index (κ3) is 1.39. The second-order valence-electron chi connectivity index (χ2n) is 3.16. The highest BCUT2D eigenvalue weighted by molar-refractivity contribution is 5.92. The van der Waals surface area contributed by atoms with Crippen LogP contribution < -0.4 is 0 Å². The van der Waals surface area contributed by atoms with Gasteiger partial charge in [-0.25, -0.2) is 0 Å². The SMILES string of the molecule is O=NC(=O)c1cc2c(o1)CCCC2. The van der Waals surface area contributed by atoms with E-state index in [-0.39, 0.29) is 5.76 Å². The van der Waals surface area contributed by atoms with Crippen molar-refractivity contribution < 1.29 is 9.21 Å². The molecule has 0 aromatic carbocycles. The Morgan fingerprint density at radius 3 is 2.85 bits per heavy atom. The van der Waals surface area contributed by atoms with Gasteiger partial charge >= 0.3 is 5.91 Å². The number of furan rings is 1. The van der Waals surface area contributed by atoms with Crippen molar-refractivity contribution in [1.29, 1.82) is 0 Å². The van der Waals surface area contributed by atoms with Gasteiger partial charge in [0.05, 0.1) is 0 Å². The summed E-state index contributed by atoms with van der Waals surface area (Å²) in [5, 5.41) is 2.32. The molecule has 1 heterocycles.